The van der Waals surface area contributed by atoms with E-state index in [0.29, 0.717) is 35.3 Å². The Morgan fingerprint density at radius 2 is 2.06 bits per heavy atom. The van der Waals surface area contributed by atoms with Crippen LogP contribution in [0.15, 0.2) is 30.3 Å². The molecule has 8 heteroatoms. The van der Waals surface area contributed by atoms with Crippen molar-refractivity contribution in [3.8, 4) is 5.75 Å². The number of phenols is 1. The van der Waals surface area contributed by atoms with Crippen LogP contribution in [-0.4, -0.2) is 28.5 Å². The first kappa shape index (κ1) is 21.8. The van der Waals surface area contributed by atoms with Crippen molar-refractivity contribution >= 4 is 29.1 Å². The van der Waals surface area contributed by atoms with Crippen LogP contribution in [0.4, 0.5) is 24.5 Å². The van der Waals surface area contributed by atoms with Gasteiger partial charge < -0.3 is 20.8 Å². The summed E-state index contributed by atoms with van der Waals surface area (Å²) >= 11 is 6.26. The minimum absolute atomic E-state index is 0.109. The van der Waals surface area contributed by atoms with Crippen LogP contribution in [0.5, 0.6) is 5.75 Å². The van der Waals surface area contributed by atoms with Gasteiger partial charge in [0.25, 0.3) is 0 Å². The summed E-state index contributed by atoms with van der Waals surface area (Å²) in [4.78, 5) is 0. The van der Waals surface area contributed by atoms with Gasteiger partial charge in [-0.3, -0.25) is 0 Å². The van der Waals surface area contributed by atoms with Gasteiger partial charge in [-0.25, -0.2) is 0 Å². The van der Waals surface area contributed by atoms with Crippen molar-refractivity contribution in [1.29, 1.82) is 0 Å². The molecule has 0 fully saturated rings. The number of benzene rings is 2. The van der Waals surface area contributed by atoms with Crippen LogP contribution in [0.3, 0.4) is 0 Å². The molecule has 0 saturated carbocycles. The quantitative estimate of drug-likeness (QED) is 0.452. The minimum Gasteiger partial charge on any atom is -0.507 e. The van der Waals surface area contributed by atoms with Crippen molar-refractivity contribution in [2.24, 2.45) is 0 Å². The zero-order chi connectivity index (χ0) is 22.6. The number of hydrogen-bond acceptors (Lipinski definition) is 4. The number of fused-ring (bicyclic) bond motifs is 2. The number of anilines is 2. The molecule has 166 valence electrons. The minimum atomic E-state index is -4.90. The average Bonchev–Trinajstić information content (AvgIpc) is 2.73. The van der Waals surface area contributed by atoms with Crippen molar-refractivity contribution in [2.75, 3.05) is 17.2 Å². The predicted octanol–water partition coefficient (Wildman–Crippen LogP) is 6.14. The van der Waals surface area contributed by atoms with Crippen molar-refractivity contribution in [3.63, 3.8) is 0 Å². The summed E-state index contributed by atoms with van der Waals surface area (Å²) in [5.74, 6) is -0.774. The molecule has 0 unspecified atom stereocenters. The zero-order valence-corrected chi connectivity index (χ0v) is 17.9. The molecule has 2 aliphatic rings. The number of aliphatic hydroxyl groups is 1. The Balaban J connectivity index is 1.93. The van der Waals surface area contributed by atoms with Crippen LogP contribution in [0.1, 0.15) is 54.0 Å². The van der Waals surface area contributed by atoms with Gasteiger partial charge in [-0.1, -0.05) is 36.7 Å². The van der Waals surface area contributed by atoms with E-state index in [4.69, 9.17) is 11.6 Å². The lowest BCUT2D eigenvalue weighted by atomic mass is 9.68. The number of aromatic hydroxyl groups is 1. The molecule has 1 aliphatic heterocycles. The number of halogens is 4. The van der Waals surface area contributed by atoms with E-state index in [1.54, 1.807) is 26.0 Å². The summed E-state index contributed by atoms with van der Waals surface area (Å²) in [7, 11) is 0. The van der Waals surface area contributed by atoms with Crippen molar-refractivity contribution in [1.82, 2.24) is 0 Å². The summed E-state index contributed by atoms with van der Waals surface area (Å²) in [6.07, 6.45) is -1.42. The molecule has 0 amide bonds. The van der Waals surface area contributed by atoms with Gasteiger partial charge in [-0.15, -0.1) is 0 Å². The number of rotatable bonds is 3. The maximum atomic E-state index is 14.3. The highest BCUT2D eigenvalue weighted by molar-refractivity contribution is 6.31. The summed E-state index contributed by atoms with van der Waals surface area (Å²) in [5.41, 5.74) is -0.105. The van der Waals surface area contributed by atoms with Crippen LogP contribution < -0.4 is 10.6 Å². The molecule has 4 N–H and O–H groups in total. The van der Waals surface area contributed by atoms with Crippen molar-refractivity contribution in [2.45, 2.75) is 50.4 Å². The molecule has 0 aromatic heterocycles. The highest BCUT2D eigenvalue weighted by atomic mass is 35.5. The molecular weight excluding hydrogens is 429 g/mol. The third-order valence-electron chi connectivity index (χ3n) is 6.40. The Hall–Kier alpha value is -2.38. The number of nitrogens with one attached hydrogen (secondary N) is 2. The maximum Gasteiger partial charge on any atom is 0.419 e. The Bertz CT molecular complexity index is 1050. The molecule has 0 spiro atoms. The Morgan fingerprint density at radius 3 is 2.74 bits per heavy atom. The van der Waals surface area contributed by atoms with Crippen LogP contribution >= 0.6 is 11.6 Å². The van der Waals surface area contributed by atoms with E-state index >= 15 is 0 Å². The van der Waals surface area contributed by atoms with Gasteiger partial charge >= 0.3 is 6.18 Å². The van der Waals surface area contributed by atoms with Crippen LogP contribution in [0.25, 0.3) is 6.08 Å². The molecule has 2 aromatic rings. The maximum absolute atomic E-state index is 14.3. The normalized spacial score (nSPS) is 24.9. The van der Waals surface area contributed by atoms with Gasteiger partial charge in [0.2, 0.25) is 0 Å². The largest absolute Gasteiger partial charge is 0.507 e. The van der Waals surface area contributed by atoms with Crippen LogP contribution in [0, 0.1) is 6.92 Å². The summed E-state index contributed by atoms with van der Waals surface area (Å²) < 4.78 is 42.9. The first-order valence-corrected chi connectivity index (χ1v) is 10.6. The summed E-state index contributed by atoms with van der Waals surface area (Å²) in [6, 6.07) is 5.14. The second-order valence-corrected chi connectivity index (χ2v) is 8.60. The van der Waals surface area contributed by atoms with Crippen molar-refractivity contribution in [3.05, 3.63) is 57.6 Å². The molecule has 1 heterocycles. The number of alkyl halides is 3. The lowest BCUT2D eigenvalue weighted by Gasteiger charge is -2.46. The molecule has 3 atom stereocenters. The molecule has 1 aliphatic carbocycles. The van der Waals surface area contributed by atoms with E-state index in [0.717, 1.165) is 5.69 Å². The first-order valence-electron chi connectivity index (χ1n) is 10.2. The standard InChI is InChI=1S/C23H24ClF3N2O2/c1-3-13-11-22(31,23(25,26)27)21(15-10-16(24)12(2)20(30)19(13)15)29-18-8-4-7-17-14(18)6-5-9-28-17/h4-8,10,13,21,28-31H,3,9,11H2,1-2H3/t13-,21+,22-/m0/s1. The zero-order valence-electron chi connectivity index (χ0n) is 17.1. The van der Waals surface area contributed by atoms with Gasteiger partial charge in [-0.05, 0) is 49.4 Å². The van der Waals surface area contributed by atoms with E-state index in [1.165, 1.54) is 6.07 Å². The molecule has 2 aromatic carbocycles. The fraction of sp³-hybridized carbons (Fsp3) is 0.391. The molecule has 4 nitrogen and oxygen atoms in total. The van der Waals surface area contributed by atoms with Crippen molar-refractivity contribution < 1.29 is 23.4 Å². The third-order valence-corrected chi connectivity index (χ3v) is 6.79. The number of phenolic OH excluding ortho intramolecular Hbond substituents is 1. The van der Waals surface area contributed by atoms with Gasteiger partial charge in [0.15, 0.2) is 5.60 Å². The van der Waals surface area contributed by atoms with E-state index in [9.17, 15) is 23.4 Å². The SMILES string of the molecule is CC[C@H]1C[C@@](O)(C(F)(F)F)[C@H](Nc2cccc3c2C=CCN3)c2cc(Cl)c(C)c(O)c21. The smallest absolute Gasteiger partial charge is 0.419 e. The van der Waals surface area contributed by atoms with Gasteiger partial charge in [0.1, 0.15) is 5.75 Å². The van der Waals surface area contributed by atoms with Crippen LogP contribution in [-0.2, 0) is 0 Å². The number of hydrogen-bond donors (Lipinski definition) is 4. The highest BCUT2D eigenvalue weighted by Gasteiger charge is 2.62. The molecule has 4 rings (SSSR count). The Kier molecular flexibility index (Phi) is 5.38. The lowest BCUT2D eigenvalue weighted by molar-refractivity contribution is -0.272. The molecule has 0 bridgehead atoms. The molecular formula is C23H24ClF3N2O2. The average molecular weight is 453 g/mol. The second-order valence-electron chi connectivity index (χ2n) is 8.19. The van der Waals surface area contributed by atoms with E-state index in [1.807, 2.05) is 18.2 Å². The topological polar surface area (TPSA) is 64.5 Å². The molecule has 0 radical (unpaired) electrons. The summed E-state index contributed by atoms with van der Waals surface area (Å²) in [6.45, 7) is 3.99. The second kappa shape index (κ2) is 7.64. The third kappa shape index (κ3) is 3.44. The van der Waals surface area contributed by atoms with Gasteiger partial charge in [-0.2, -0.15) is 13.2 Å². The van der Waals surface area contributed by atoms with E-state index < -0.39 is 30.2 Å². The van der Waals surface area contributed by atoms with E-state index in [-0.39, 0.29) is 16.3 Å². The van der Waals surface area contributed by atoms with Gasteiger partial charge in [0.05, 0.1) is 6.04 Å². The summed E-state index contributed by atoms with van der Waals surface area (Å²) in [5, 5.41) is 28.1. The van der Waals surface area contributed by atoms with Crippen LogP contribution in [0.2, 0.25) is 5.02 Å². The highest BCUT2D eigenvalue weighted by Crippen LogP contribution is 2.56. The predicted molar refractivity (Wildman–Crippen MR) is 117 cm³/mol. The monoisotopic (exact) mass is 452 g/mol. The van der Waals surface area contributed by atoms with E-state index in [2.05, 4.69) is 10.6 Å². The first-order chi connectivity index (χ1) is 14.6. The Labute approximate surface area is 183 Å². The fourth-order valence-corrected chi connectivity index (χ4v) is 4.85. The van der Waals surface area contributed by atoms with Gasteiger partial charge in [0, 0.05) is 39.6 Å². The fourth-order valence-electron chi connectivity index (χ4n) is 4.65. The Morgan fingerprint density at radius 1 is 1.32 bits per heavy atom. The lowest BCUT2D eigenvalue weighted by Crippen LogP contribution is -2.55. The molecule has 31 heavy (non-hydrogen) atoms. The molecule has 0 saturated heterocycles.